The molecule has 0 amide bonds. The van der Waals surface area contributed by atoms with Crippen LogP contribution >= 0.6 is 0 Å². The summed E-state index contributed by atoms with van der Waals surface area (Å²) in [7, 11) is -3.49. The molecule has 1 saturated heterocycles. The number of aromatic hydroxyl groups is 1. The summed E-state index contributed by atoms with van der Waals surface area (Å²) >= 11 is 0. The van der Waals surface area contributed by atoms with Gasteiger partial charge in [-0.15, -0.1) is 0 Å². The van der Waals surface area contributed by atoms with Gasteiger partial charge in [0.05, 0.1) is 5.69 Å². The van der Waals surface area contributed by atoms with Gasteiger partial charge in [0.25, 0.3) is 0 Å². The minimum Gasteiger partial charge on any atom is -0.508 e. The van der Waals surface area contributed by atoms with Crippen LogP contribution in [-0.4, -0.2) is 30.9 Å². The third-order valence-corrected chi connectivity index (χ3v) is 4.89. The number of benzene rings is 1. The second kappa shape index (κ2) is 5.79. The van der Waals surface area contributed by atoms with Crippen molar-refractivity contribution in [3.05, 3.63) is 23.8 Å². The fraction of sp³-hybridized carbons (Fsp3) is 0.538. The summed E-state index contributed by atoms with van der Waals surface area (Å²) in [6.45, 7) is 2.89. The van der Waals surface area contributed by atoms with Gasteiger partial charge < -0.3 is 5.11 Å². The number of phenols is 1. The minimum atomic E-state index is -3.49. The van der Waals surface area contributed by atoms with Crippen LogP contribution in [0.2, 0.25) is 0 Å². The first-order chi connectivity index (χ1) is 8.99. The summed E-state index contributed by atoms with van der Waals surface area (Å²) in [4.78, 5) is 0. The molecule has 1 aromatic carbocycles. The molecule has 1 heterocycles. The van der Waals surface area contributed by atoms with Crippen LogP contribution in [0.4, 0.5) is 5.69 Å². The number of nitrogens with zero attached hydrogens (tertiary/aromatic N) is 1. The molecule has 1 aliphatic rings. The summed E-state index contributed by atoms with van der Waals surface area (Å²) in [6, 6.07) is 4.69. The predicted molar refractivity (Wildman–Crippen MR) is 75.4 cm³/mol. The van der Waals surface area contributed by atoms with E-state index < -0.39 is 10.2 Å². The molecule has 6 heteroatoms. The number of anilines is 1. The van der Waals surface area contributed by atoms with Crippen LogP contribution < -0.4 is 4.72 Å². The van der Waals surface area contributed by atoms with Crippen molar-refractivity contribution in [3.8, 4) is 5.75 Å². The lowest BCUT2D eigenvalue weighted by atomic mass is 10.2. The summed E-state index contributed by atoms with van der Waals surface area (Å²) in [5, 5.41) is 9.44. The molecule has 5 nitrogen and oxygen atoms in total. The second-order valence-electron chi connectivity index (χ2n) is 4.92. The number of hydrogen-bond acceptors (Lipinski definition) is 3. The van der Waals surface area contributed by atoms with Crippen molar-refractivity contribution in [3.63, 3.8) is 0 Å². The Labute approximate surface area is 114 Å². The molecule has 0 unspecified atom stereocenters. The highest BCUT2D eigenvalue weighted by Gasteiger charge is 2.22. The zero-order valence-corrected chi connectivity index (χ0v) is 11.9. The van der Waals surface area contributed by atoms with Crippen molar-refractivity contribution in [1.82, 2.24) is 4.31 Å². The molecule has 1 aliphatic heterocycles. The van der Waals surface area contributed by atoms with Crippen LogP contribution in [0.25, 0.3) is 0 Å². The van der Waals surface area contributed by atoms with E-state index in [0.717, 1.165) is 25.7 Å². The van der Waals surface area contributed by atoms with Crippen molar-refractivity contribution in [2.75, 3.05) is 17.8 Å². The van der Waals surface area contributed by atoms with Gasteiger partial charge in [0.1, 0.15) is 5.75 Å². The van der Waals surface area contributed by atoms with E-state index in [1.54, 1.807) is 19.1 Å². The lowest BCUT2D eigenvalue weighted by molar-refractivity contribution is 0.427. The molecule has 0 bridgehead atoms. The molecule has 1 aromatic rings. The molecule has 0 aliphatic carbocycles. The first-order valence-corrected chi connectivity index (χ1v) is 8.00. The molecular weight excluding hydrogens is 264 g/mol. The number of aryl methyl sites for hydroxylation is 1. The fourth-order valence-corrected chi connectivity index (χ4v) is 3.51. The Balaban J connectivity index is 2.13. The average molecular weight is 284 g/mol. The smallest absolute Gasteiger partial charge is 0.301 e. The third kappa shape index (κ3) is 3.61. The molecule has 0 saturated carbocycles. The molecule has 0 aromatic heterocycles. The van der Waals surface area contributed by atoms with E-state index in [2.05, 4.69) is 4.72 Å². The van der Waals surface area contributed by atoms with Crippen LogP contribution in [0.15, 0.2) is 18.2 Å². The van der Waals surface area contributed by atoms with Gasteiger partial charge in [-0.3, -0.25) is 4.72 Å². The highest BCUT2D eigenvalue weighted by atomic mass is 32.2. The van der Waals surface area contributed by atoms with E-state index in [4.69, 9.17) is 0 Å². The van der Waals surface area contributed by atoms with Crippen molar-refractivity contribution in [2.24, 2.45) is 0 Å². The number of phenolic OH excluding ortho intramolecular Hbond substituents is 1. The van der Waals surface area contributed by atoms with Gasteiger partial charge in [0.2, 0.25) is 0 Å². The van der Waals surface area contributed by atoms with Gasteiger partial charge >= 0.3 is 10.2 Å². The van der Waals surface area contributed by atoms with Gasteiger partial charge in [-0.25, -0.2) is 0 Å². The molecule has 106 valence electrons. The van der Waals surface area contributed by atoms with Crippen LogP contribution in [0.1, 0.15) is 31.2 Å². The van der Waals surface area contributed by atoms with E-state index in [1.165, 1.54) is 10.4 Å². The first-order valence-electron chi connectivity index (χ1n) is 6.56. The minimum absolute atomic E-state index is 0.165. The summed E-state index contributed by atoms with van der Waals surface area (Å²) < 4.78 is 28.6. The largest absolute Gasteiger partial charge is 0.508 e. The van der Waals surface area contributed by atoms with E-state index in [1.807, 2.05) is 0 Å². The second-order valence-corrected chi connectivity index (χ2v) is 6.59. The van der Waals surface area contributed by atoms with Gasteiger partial charge in [-0.05, 0) is 43.5 Å². The maximum Gasteiger partial charge on any atom is 0.301 e. The van der Waals surface area contributed by atoms with E-state index in [-0.39, 0.29) is 5.75 Å². The number of rotatable bonds is 3. The van der Waals surface area contributed by atoms with Gasteiger partial charge in [-0.2, -0.15) is 12.7 Å². The molecule has 0 atom stereocenters. The maximum absolute atomic E-state index is 12.3. The first kappa shape index (κ1) is 14.1. The Hall–Kier alpha value is -1.27. The van der Waals surface area contributed by atoms with Crippen LogP contribution in [0.5, 0.6) is 5.75 Å². The number of hydrogen-bond donors (Lipinski definition) is 2. The standard InChI is InChI=1S/C13H20N2O3S/c1-11-10-12(6-7-13(11)16)14-19(17,18)15-8-4-2-3-5-9-15/h6-7,10,14,16H,2-5,8-9H2,1H3. The van der Waals surface area contributed by atoms with Gasteiger partial charge in [-0.1, -0.05) is 12.8 Å². The molecule has 0 spiro atoms. The Morgan fingerprint density at radius 1 is 1.16 bits per heavy atom. The van der Waals surface area contributed by atoms with Crippen molar-refractivity contribution < 1.29 is 13.5 Å². The third-order valence-electron chi connectivity index (χ3n) is 3.35. The van der Waals surface area contributed by atoms with E-state index >= 15 is 0 Å². The zero-order valence-electron chi connectivity index (χ0n) is 11.1. The van der Waals surface area contributed by atoms with Crippen molar-refractivity contribution in [1.29, 1.82) is 0 Å². The SMILES string of the molecule is Cc1cc(NS(=O)(=O)N2CCCCCC2)ccc1O. The van der Waals surface area contributed by atoms with Crippen LogP contribution in [-0.2, 0) is 10.2 Å². The van der Waals surface area contributed by atoms with Crippen LogP contribution in [0, 0.1) is 6.92 Å². The normalized spacial score (nSPS) is 17.9. The van der Waals surface area contributed by atoms with Crippen LogP contribution in [0.3, 0.4) is 0 Å². The number of nitrogens with one attached hydrogen (secondary N) is 1. The quantitative estimate of drug-likeness (QED) is 0.836. The molecule has 19 heavy (non-hydrogen) atoms. The Bertz CT molecular complexity index is 535. The molecule has 1 fully saturated rings. The zero-order chi connectivity index (χ0) is 13.9. The van der Waals surface area contributed by atoms with Gasteiger partial charge in [0, 0.05) is 13.1 Å². The maximum atomic E-state index is 12.3. The Morgan fingerprint density at radius 3 is 2.37 bits per heavy atom. The highest BCUT2D eigenvalue weighted by molar-refractivity contribution is 7.90. The molecule has 0 radical (unpaired) electrons. The lowest BCUT2D eigenvalue weighted by Gasteiger charge is -2.21. The Kier molecular flexibility index (Phi) is 4.31. The predicted octanol–water partition coefficient (Wildman–Crippen LogP) is 2.23. The van der Waals surface area contributed by atoms with Gasteiger partial charge in [0.15, 0.2) is 0 Å². The molecule has 2 rings (SSSR count). The summed E-state index contributed by atoms with van der Waals surface area (Å²) in [5.74, 6) is 0.165. The fourth-order valence-electron chi connectivity index (χ4n) is 2.21. The summed E-state index contributed by atoms with van der Waals surface area (Å²) in [5.41, 5.74) is 1.13. The average Bonchev–Trinajstić information content (AvgIpc) is 2.63. The Morgan fingerprint density at radius 2 is 1.79 bits per heavy atom. The summed E-state index contributed by atoms with van der Waals surface area (Å²) in [6.07, 6.45) is 4.00. The van der Waals surface area contributed by atoms with Crippen molar-refractivity contribution >= 4 is 15.9 Å². The van der Waals surface area contributed by atoms with E-state index in [0.29, 0.717) is 24.3 Å². The lowest BCUT2D eigenvalue weighted by Crippen LogP contribution is -2.36. The van der Waals surface area contributed by atoms with E-state index in [9.17, 15) is 13.5 Å². The molecular formula is C13H20N2O3S. The van der Waals surface area contributed by atoms with Crippen molar-refractivity contribution in [2.45, 2.75) is 32.6 Å². The monoisotopic (exact) mass is 284 g/mol. The topological polar surface area (TPSA) is 69.6 Å². The highest BCUT2D eigenvalue weighted by Crippen LogP contribution is 2.22. The molecule has 2 N–H and O–H groups in total.